The number of rotatable bonds is 5. The van der Waals surface area contributed by atoms with Gasteiger partial charge in [0.05, 0.1) is 19.3 Å². The van der Waals surface area contributed by atoms with Gasteiger partial charge in [0, 0.05) is 6.04 Å². The van der Waals surface area contributed by atoms with E-state index in [1.165, 1.54) is 0 Å². The molecule has 0 spiro atoms. The van der Waals surface area contributed by atoms with Crippen LogP contribution < -0.4 is 10.1 Å². The van der Waals surface area contributed by atoms with Crippen LogP contribution in [-0.2, 0) is 5.54 Å². The fourth-order valence-electron chi connectivity index (χ4n) is 1.82. The summed E-state index contributed by atoms with van der Waals surface area (Å²) in [5.41, 5.74) is 0.657. The normalized spacial score (nSPS) is 14.9. The molecule has 3 heteroatoms. The van der Waals surface area contributed by atoms with Crippen molar-refractivity contribution in [1.82, 2.24) is 5.32 Å². The molecule has 0 aliphatic rings. The van der Waals surface area contributed by atoms with Gasteiger partial charge < -0.3 is 15.2 Å². The Kier molecular flexibility index (Phi) is 4.33. The standard InChI is InChI=1S/C13H21NO2/c1-10(2)14-13(3,9-15)11-5-7-12(16-4)8-6-11/h5-8,10,14-15H,9H2,1-4H3. The summed E-state index contributed by atoms with van der Waals surface area (Å²) in [7, 11) is 1.65. The average molecular weight is 223 g/mol. The summed E-state index contributed by atoms with van der Waals surface area (Å²) in [4.78, 5) is 0. The molecule has 1 unspecified atom stereocenters. The van der Waals surface area contributed by atoms with Gasteiger partial charge in [-0.05, 0) is 38.5 Å². The fourth-order valence-corrected chi connectivity index (χ4v) is 1.82. The smallest absolute Gasteiger partial charge is 0.118 e. The molecule has 1 rings (SSSR count). The molecule has 0 amide bonds. The van der Waals surface area contributed by atoms with Gasteiger partial charge in [0.2, 0.25) is 0 Å². The van der Waals surface area contributed by atoms with Crippen LogP contribution in [0.1, 0.15) is 26.3 Å². The first-order chi connectivity index (χ1) is 7.51. The second-order valence-corrected chi connectivity index (χ2v) is 4.52. The van der Waals surface area contributed by atoms with Crippen LogP contribution in [0.2, 0.25) is 0 Å². The number of hydrogen-bond acceptors (Lipinski definition) is 3. The van der Waals surface area contributed by atoms with Crippen LogP contribution >= 0.6 is 0 Å². The van der Waals surface area contributed by atoms with Crippen molar-refractivity contribution in [1.29, 1.82) is 0 Å². The minimum atomic E-state index is -0.402. The summed E-state index contributed by atoms with van der Waals surface area (Å²) in [6.45, 7) is 6.20. The number of aliphatic hydroxyl groups excluding tert-OH is 1. The lowest BCUT2D eigenvalue weighted by Crippen LogP contribution is -2.46. The molecule has 0 radical (unpaired) electrons. The zero-order valence-corrected chi connectivity index (χ0v) is 10.4. The van der Waals surface area contributed by atoms with E-state index in [1.54, 1.807) is 7.11 Å². The number of nitrogens with one attached hydrogen (secondary N) is 1. The maximum absolute atomic E-state index is 9.52. The first kappa shape index (κ1) is 13.0. The maximum atomic E-state index is 9.52. The molecule has 2 N–H and O–H groups in total. The largest absolute Gasteiger partial charge is 0.497 e. The highest BCUT2D eigenvalue weighted by Gasteiger charge is 2.25. The Labute approximate surface area is 97.4 Å². The van der Waals surface area contributed by atoms with Gasteiger partial charge >= 0.3 is 0 Å². The van der Waals surface area contributed by atoms with E-state index in [-0.39, 0.29) is 6.61 Å². The lowest BCUT2D eigenvalue weighted by molar-refractivity contribution is 0.166. The highest BCUT2D eigenvalue weighted by molar-refractivity contribution is 5.31. The van der Waals surface area contributed by atoms with E-state index in [2.05, 4.69) is 19.2 Å². The first-order valence-electron chi connectivity index (χ1n) is 5.55. The summed E-state index contributed by atoms with van der Waals surface area (Å²) < 4.78 is 5.11. The molecule has 90 valence electrons. The minimum absolute atomic E-state index is 0.0670. The quantitative estimate of drug-likeness (QED) is 0.801. The number of aliphatic hydroxyl groups is 1. The van der Waals surface area contributed by atoms with Gasteiger partial charge in [-0.15, -0.1) is 0 Å². The van der Waals surface area contributed by atoms with Crippen molar-refractivity contribution < 1.29 is 9.84 Å². The molecule has 0 aromatic heterocycles. The topological polar surface area (TPSA) is 41.5 Å². The van der Waals surface area contributed by atoms with Gasteiger partial charge in [-0.3, -0.25) is 0 Å². The summed E-state index contributed by atoms with van der Waals surface area (Å²) >= 11 is 0. The molecule has 0 aliphatic carbocycles. The van der Waals surface area contributed by atoms with Crippen molar-refractivity contribution in [3.05, 3.63) is 29.8 Å². The van der Waals surface area contributed by atoms with Gasteiger partial charge in [0.25, 0.3) is 0 Å². The van der Waals surface area contributed by atoms with Crippen molar-refractivity contribution in [3.63, 3.8) is 0 Å². The molecule has 1 aromatic carbocycles. The Morgan fingerprint density at radius 3 is 2.25 bits per heavy atom. The zero-order valence-electron chi connectivity index (χ0n) is 10.4. The van der Waals surface area contributed by atoms with E-state index in [0.717, 1.165) is 11.3 Å². The first-order valence-corrected chi connectivity index (χ1v) is 5.55. The van der Waals surface area contributed by atoms with E-state index in [4.69, 9.17) is 4.74 Å². The lowest BCUT2D eigenvalue weighted by atomic mass is 9.92. The second kappa shape index (κ2) is 5.32. The van der Waals surface area contributed by atoms with E-state index < -0.39 is 5.54 Å². The molecule has 0 bridgehead atoms. The molecule has 0 saturated carbocycles. The van der Waals surface area contributed by atoms with E-state index in [9.17, 15) is 5.11 Å². The van der Waals surface area contributed by atoms with Crippen molar-refractivity contribution in [2.45, 2.75) is 32.4 Å². The average Bonchev–Trinajstić information content (AvgIpc) is 2.28. The van der Waals surface area contributed by atoms with E-state index >= 15 is 0 Å². The molecular weight excluding hydrogens is 202 g/mol. The summed E-state index contributed by atoms with van der Waals surface area (Å²) in [6, 6.07) is 8.09. The number of hydrogen-bond donors (Lipinski definition) is 2. The van der Waals surface area contributed by atoms with Crippen LogP contribution in [0, 0.1) is 0 Å². The van der Waals surface area contributed by atoms with Gasteiger partial charge in [-0.25, -0.2) is 0 Å². The maximum Gasteiger partial charge on any atom is 0.118 e. The minimum Gasteiger partial charge on any atom is -0.497 e. The molecule has 1 atom stereocenters. The van der Waals surface area contributed by atoms with Crippen molar-refractivity contribution in [2.75, 3.05) is 13.7 Å². The SMILES string of the molecule is COc1ccc(C(C)(CO)NC(C)C)cc1. The lowest BCUT2D eigenvalue weighted by Gasteiger charge is -2.31. The molecule has 3 nitrogen and oxygen atoms in total. The molecule has 16 heavy (non-hydrogen) atoms. The van der Waals surface area contributed by atoms with Gasteiger partial charge in [0.1, 0.15) is 5.75 Å². The van der Waals surface area contributed by atoms with Crippen LogP contribution in [0.15, 0.2) is 24.3 Å². The molecule has 0 aliphatic heterocycles. The van der Waals surface area contributed by atoms with Gasteiger partial charge in [0.15, 0.2) is 0 Å². The highest BCUT2D eigenvalue weighted by Crippen LogP contribution is 2.23. The highest BCUT2D eigenvalue weighted by atomic mass is 16.5. The van der Waals surface area contributed by atoms with Gasteiger partial charge in [-0.1, -0.05) is 12.1 Å². The molecule has 0 fully saturated rings. The van der Waals surface area contributed by atoms with Crippen molar-refractivity contribution in [3.8, 4) is 5.75 Å². The Morgan fingerprint density at radius 2 is 1.88 bits per heavy atom. The van der Waals surface area contributed by atoms with Crippen LogP contribution in [0.5, 0.6) is 5.75 Å². The summed E-state index contributed by atoms with van der Waals surface area (Å²) in [6.07, 6.45) is 0. The van der Waals surface area contributed by atoms with Crippen LogP contribution in [0.25, 0.3) is 0 Å². The van der Waals surface area contributed by atoms with Crippen LogP contribution in [-0.4, -0.2) is 24.9 Å². The van der Waals surface area contributed by atoms with Crippen molar-refractivity contribution in [2.24, 2.45) is 0 Å². The predicted octanol–water partition coefficient (Wildman–Crippen LogP) is 1.90. The Balaban J connectivity index is 2.93. The van der Waals surface area contributed by atoms with Gasteiger partial charge in [-0.2, -0.15) is 0 Å². The third-order valence-corrected chi connectivity index (χ3v) is 2.65. The third-order valence-electron chi connectivity index (χ3n) is 2.65. The summed E-state index contributed by atoms with van der Waals surface area (Å²) in [5.74, 6) is 0.827. The summed E-state index contributed by atoms with van der Waals surface area (Å²) in [5, 5.41) is 12.9. The Hall–Kier alpha value is -1.06. The predicted molar refractivity (Wildman–Crippen MR) is 65.7 cm³/mol. The van der Waals surface area contributed by atoms with Crippen LogP contribution in [0.3, 0.4) is 0 Å². The number of benzene rings is 1. The Morgan fingerprint density at radius 1 is 1.31 bits per heavy atom. The van der Waals surface area contributed by atoms with E-state index in [0.29, 0.717) is 6.04 Å². The molecule has 0 saturated heterocycles. The zero-order chi connectivity index (χ0) is 12.2. The fraction of sp³-hybridized carbons (Fsp3) is 0.538. The molecular formula is C13H21NO2. The van der Waals surface area contributed by atoms with Crippen molar-refractivity contribution >= 4 is 0 Å². The van der Waals surface area contributed by atoms with Crippen LogP contribution in [0.4, 0.5) is 0 Å². The third kappa shape index (κ3) is 2.97. The Bertz CT molecular complexity index is 321. The second-order valence-electron chi connectivity index (χ2n) is 4.52. The molecule has 1 aromatic rings. The monoisotopic (exact) mass is 223 g/mol. The van der Waals surface area contributed by atoms with E-state index in [1.807, 2.05) is 31.2 Å². The number of ether oxygens (including phenoxy) is 1. The molecule has 0 heterocycles. The number of methoxy groups -OCH3 is 1.